The second-order valence-corrected chi connectivity index (χ2v) is 7.01. The molecular formula is C14H26N2O2. The average Bonchev–Trinajstić information content (AvgIpc) is 2.22. The molecule has 0 saturated carbocycles. The lowest BCUT2D eigenvalue weighted by Crippen LogP contribution is -2.62. The highest BCUT2D eigenvalue weighted by atomic mass is 16.4. The van der Waals surface area contributed by atoms with Gasteiger partial charge in [0.25, 0.3) is 0 Å². The topological polar surface area (TPSA) is 43.8 Å². The summed E-state index contributed by atoms with van der Waals surface area (Å²) in [6.45, 7) is 12.2. The molecule has 2 aliphatic rings. The Morgan fingerprint density at radius 2 is 1.78 bits per heavy atom. The lowest BCUT2D eigenvalue weighted by molar-refractivity contribution is -0.138. The smallest absolute Gasteiger partial charge is 0.304 e. The van der Waals surface area contributed by atoms with E-state index in [0.29, 0.717) is 5.41 Å². The lowest BCUT2D eigenvalue weighted by Gasteiger charge is -2.55. The third-order valence-electron chi connectivity index (χ3n) is 4.53. The number of nitrogens with zero attached hydrogens (tertiary/aromatic N) is 2. The van der Waals surface area contributed by atoms with Gasteiger partial charge in [0.1, 0.15) is 0 Å². The number of carboxylic acid groups (broad SMARTS) is 1. The van der Waals surface area contributed by atoms with Gasteiger partial charge in [0.15, 0.2) is 0 Å². The molecule has 0 radical (unpaired) electrons. The van der Waals surface area contributed by atoms with Gasteiger partial charge in [-0.3, -0.25) is 9.69 Å². The molecule has 4 heteroatoms. The molecule has 0 aromatic rings. The van der Waals surface area contributed by atoms with Gasteiger partial charge in [0.2, 0.25) is 0 Å². The Morgan fingerprint density at radius 3 is 2.22 bits per heavy atom. The number of aliphatic carboxylic acids is 1. The first-order chi connectivity index (χ1) is 8.31. The molecule has 2 fully saturated rings. The molecule has 0 bridgehead atoms. The number of hydrogen-bond acceptors (Lipinski definition) is 3. The first kappa shape index (κ1) is 13.8. The Morgan fingerprint density at radius 1 is 1.22 bits per heavy atom. The molecule has 2 saturated heterocycles. The fourth-order valence-electron chi connectivity index (χ4n) is 3.28. The van der Waals surface area contributed by atoms with Crippen LogP contribution in [0.3, 0.4) is 0 Å². The van der Waals surface area contributed by atoms with E-state index in [1.807, 2.05) is 0 Å². The predicted molar refractivity (Wildman–Crippen MR) is 71.7 cm³/mol. The Balaban J connectivity index is 1.73. The van der Waals surface area contributed by atoms with Crippen molar-refractivity contribution in [3.63, 3.8) is 0 Å². The fourth-order valence-corrected chi connectivity index (χ4v) is 3.28. The minimum atomic E-state index is -0.682. The van der Waals surface area contributed by atoms with Crippen molar-refractivity contribution in [1.29, 1.82) is 0 Å². The second-order valence-electron chi connectivity index (χ2n) is 7.01. The third kappa shape index (κ3) is 3.04. The quantitative estimate of drug-likeness (QED) is 0.832. The summed E-state index contributed by atoms with van der Waals surface area (Å²) in [6.07, 6.45) is 2.83. The van der Waals surface area contributed by atoms with Gasteiger partial charge in [-0.25, -0.2) is 0 Å². The SMILES string of the molecule is CC(C)(C)N1CCC2(CC1)CN(CCC(=O)O)C2. The largest absolute Gasteiger partial charge is 0.481 e. The molecule has 1 spiro atoms. The normalized spacial score (nSPS) is 25.1. The third-order valence-corrected chi connectivity index (χ3v) is 4.53. The average molecular weight is 254 g/mol. The molecule has 0 aromatic carbocycles. The van der Waals surface area contributed by atoms with Gasteiger partial charge in [0.05, 0.1) is 6.42 Å². The lowest BCUT2D eigenvalue weighted by atomic mass is 9.71. The van der Waals surface area contributed by atoms with E-state index in [1.165, 1.54) is 25.9 Å². The van der Waals surface area contributed by atoms with Crippen LogP contribution in [-0.2, 0) is 4.79 Å². The van der Waals surface area contributed by atoms with Crippen molar-refractivity contribution < 1.29 is 9.90 Å². The highest BCUT2D eigenvalue weighted by Gasteiger charge is 2.45. The number of piperidine rings is 1. The number of carboxylic acids is 1. The molecule has 2 aliphatic heterocycles. The van der Waals surface area contributed by atoms with Gasteiger partial charge >= 0.3 is 5.97 Å². The van der Waals surface area contributed by atoms with Gasteiger partial charge in [0, 0.05) is 25.2 Å². The standard InChI is InChI=1S/C14H26N2O2/c1-13(2,3)16-8-5-14(6-9-16)10-15(11-14)7-4-12(17)18/h4-11H2,1-3H3,(H,17,18). The van der Waals surface area contributed by atoms with E-state index in [-0.39, 0.29) is 12.0 Å². The van der Waals surface area contributed by atoms with E-state index >= 15 is 0 Å². The minimum Gasteiger partial charge on any atom is -0.481 e. The highest BCUT2D eigenvalue weighted by molar-refractivity contribution is 5.66. The first-order valence-corrected chi connectivity index (χ1v) is 7.00. The Labute approximate surface area is 110 Å². The Kier molecular flexibility index (Phi) is 3.70. The second kappa shape index (κ2) is 4.82. The van der Waals surface area contributed by atoms with E-state index in [0.717, 1.165) is 19.6 Å². The van der Waals surface area contributed by atoms with E-state index < -0.39 is 5.97 Å². The molecule has 1 N–H and O–H groups in total. The zero-order valence-electron chi connectivity index (χ0n) is 11.9. The van der Waals surface area contributed by atoms with Crippen LogP contribution in [0.5, 0.6) is 0 Å². The molecule has 0 aromatic heterocycles. The van der Waals surface area contributed by atoms with Crippen molar-refractivity contribution in [3.8, 4) is 0 Å². The Hall–Kier alpha value is -0.610. The van der Waals surface area contributed by atoms with Crippen molar-refractivity contribution in [2.75, 3.05) is 32.7 Å². The van der Waals surface area contributed by atoms with Crippen LogP contribution in [0.4, 0.5) is 0 Å². The van der Waals surface area contributed by atoms with Crippen molar-refractivity contribution in [2.24, 2.45) is 5.41 Å². The summed E-state index contributed by atoms with van der Waals surface area (Å²) in [6, 6.07) is 0. The molecule has 0 aliphatic carbocycles. The first-order valence-electron chi connectivity index (χ1n) is 7.00. The number of hydrogen-bond donors (Lipinski definition) is 1. The maximum atomic E-state index is 10.5. The molecule has 2 rings (SSSR count). The minimum absolute atomic E-state index is 0.282. The molecule has 0 amide bonds. The Bertz CT molecular complexity index is 306. The predicted octanol–water partition coefficient (Wildman–Crippen LogP) is 1.66. The van der Waals surface area contributed by atoms with E-state index in [1.54, 1.807) is 0 Å². The van der Waals surface area contributed by atoms with Crippen LogP contribution in [0.1, 0.15) is 40.0 Å². The van der Waals surface area contributed by atoms with E-state index in [4.69, 9.17) is 5.11 Å². The zero-order valence-corrected chi connectivity index (χ0v) is 11.9. The van der Waals surface area contributed by atoms with Gasteiger partial charge in [-0.2, -0.15) is 0 Å². The number of carbonyl (C=O) groups is 1. The van der Waals surface area contributed by atoms with Gasteiger partial charge < -0.3 is 10.0 Å². The maximum absolute atomic E-state index is 10.5. The van der Waals surface area contributed by atoms with E-state index in [9.17, 15) is 4.79 Å². The summed E-state index contributed by atoms with van der Waals surface area (Å²) >= 11 is 0. The molecule has 0 unspecified atom stereocenters. The van der Waals surface area contributed by atoms with Crippen molar-refractivity contribution in [2.45, 2.75) is 45.6 Å². The van der Waals surface area contributed by atoms with Crippen LogP contribution in [0, 0.1) is 5.41 Å². The van der Waals surface area contributed by atoms with Gasteiger partial charge in [-0.05, 0) is 52.1 Å². The van der Waals surface area contributed by atoms with Crippen LogP contribution >= 0.6 is 0 Å². The molecular weight excluding hydrogens is 228 g/mol. The number of likely N-dealkylation sites (tertiary alicyclic amines) is 2. The molecule has 18 heavy (non-hydrogen) atoms. The summed E-state index contributed by atoms with van der Waals surface area (Å²) < 4.78 is 0. The molecule has 0 atom stereocenters. The fraction of sp³-hybridized carbons (Fsp3) is 0.929. The van der Waals surface area contributed by atoms with Crippen molar-refractivity contribution in [1.82, 2.24) is 9.80 Å². The van der Waals surface area contributed by atoms with Crippen LogP contribution < -0.4 is 0 Å². The van der Waals surface area contributed by atoms with Crippen molar-refractivity contribution >= 4 is 5.97 Å². The van der Waals surface area contributed by atoms with Crippen LogP contribution in [-0.4, -0.2) is 59.1 Å². The maximum Gasteiger partial charge on any atom is 0.304 e. The molecule has 4 nitrogen and oxygen atoms in total. The summed E-state index contributed by atoms with van der Waals surface area (Å²) in [7, 11) is 0. The number of rotatable bonds is 3. The summed E-state index contributed by atoms with van der Waals surface area (Å²) in [5.74, 6) is -0.682. The van der Waals surface area contributed by atoms with Crippen molar-refractivity contribution in [3.05, 3.63) is 0 Å². The molecule has 104 valence electrons. The summed E-state index contributed by atoms with van der Waals surface area (Å²) in [4.78, 5) is 15.4. The monoisotopic (exact) mass is 254 g/mol. The highest BCUT2D eigenvalue weighted by Crippen LogP contribution is 2.41. The molecule has 2 heterocycles. The van der Waals surface area contributed by atoms with Crippen LogP contribution in [0.2, 0.25) is 0 Å². The zero-order chi connectivity index (χ0) is 13.4. The van der Waals surface area contributed by atoms with Gasteiger partial charge in [-0.15, -0.1) is 0 Å². The summed E-state index contributed by atoms with van der Waals surface area (Å²) in [5.41, 5.74) is 0.786. The van der Waals surface area contributed by atoms with Crippen LogP contribution in [0.15, 0.2) is 0 Å². The summed E-state index contributed by atoms with van der Waals surface area (Å²) in [5, 5.41) is 8.67. The van der Waals surface area contributed by atoms with Crippen LogP contribution in [0.25, 0.3) is 0 Å². The van der Waals surface area contributed by atoms with Gasteiger partial charge in [-0.1, -0.05) is 0 Å². The van der Waals surface area contributed by atoms with E-state index in [2.05, 4.69) is 30.6 Å².